The molecule has 1 heterocycles. The molecule has 0 radical (unpaired) electrons. The Bertz CT molecular complexity index is 517. The largest absolute Gasteiger partial charge is 0.270 e. The highest BCUT2D eigenvalue weighted by Gasteiger charge is 1.96. The van der Waals surface area contributed by atoms with Gasteiger partial charge in [-0.05, 0) is 31.5 Å². The third-order valence-corrected chi connectivity index (χ3v) is 2.10. The van der Waals surface area contributed by atoms with E-state index in [1.165, 1.54) is 5.56 Å². The van der Waals surface area contributed by atoms with E-state index >= 15 is 0 Å². The lowest BCUT2D eigenvalue weighted by Gasteiger charge is -1.99. The predicted octanol–water partition coefficient (Wildman–Crippen LogP) is 0.640. The van der Waals surface area contributed by atoms with Gasteiger partial charge in [-0.15, -0.1) is 0 Å². The third kappa shape index (κ3) is 1.82. The number of hydrogen-bond acceptors (Lipinski definition) is 2. The lowest BCUT2D eigenvalue weighted by atomic mass is 10.2. The summed E-state index contributed by atoms with van der Waals surface area (Å²) in [7, 11) is 0. The van der Waals surface area contributed by atoms with Gasteiger partial charge >= 0.3 is 0 Å². The van der Waals surface area contributed by atoms with Crippen LogP contribution in [-0.4, -0.2) is 12.6 Å². The molecule has 1 aliphatic heterocycles. The average molecular weight is 184 g/mol. The van der Waals surface area contributed by atoms with Gasteiger partial charge < -0.3 is 0 Å². The smallest absolute Gasteiger partial charge is 0.108 e. The number of nitrogens with zero attached hydrogens (tertiary/aromatic N) is 2. The number of hydrogen-bond donors (Lipinski definition) is 0. The third-order valence-electron chi connectivity index (χ3n) is 2.10. The van der Waals surface area contributed by atoms with E-state index in [1.54, 1.807) is 0 Å². The van der Waals surface area contributed by atoms with Crippen molar-refractivity contribution in [3.63, 3.8) is 0 Å². The van der Waals surface area contributed by atoms with Crippen LogP contribution in [0.5, 0.6) is 0 Å². The summed E-state index contributed by atoms with van der Waals surface area (Å²) in [5, 5.41) is 1.92. The fourth-order valence-electron chi connectivity index (χ4n) is 1.43. The van der Waals surface area contributed by atoms with Gasteiger partial charge in [0.05, 0.1) is 10.7 Å². The molecule has 2 nitrogen and oxygen atoms in total. The Morgan fingerprint density at radius 3 is 3.07 bits per heavy atom. The molecule has 0 aromatic heterocycles. The molecule has 0 bridgehead atoms. The number of rotatable bonds is 0. The first kappa shape index (κ1) is 8.96. The Morgan fingerprint density at radius 1 is 1.36 bits per heavy atom. The van der Waals surface area contributed by atoms with E-state index in [2.05, 4.69) is 40.9 Å². The van der Waals surface area contributed by atoms with E-state index in [1.807, 2.05) is 13.0 Å². The maximum atomic E-state index is 4.49. The first-order valence-electron chi connectivity index (χ1n) is 4.73. The van der Waals surface area contributed by atoms with Gasteiger partial charge in [0.2, 0.25) is 0 Å². The lowest BCUT2D eigenvalue weighted by molar-refractivity contribution is 0.893. The SMILES string of the molecule is Cc1ccc2c(c1)=NC(C)C#CCN=2. The van der Waals surface area contributed by atoms with E-state index < -0.39 is 0 Å². The summed E-state index contributed by atoms with van der Waals surface area (Å²) >= 11 is 0. The molecule has 1 aliphatic rings. The Kier molecular flexibility index (Phi) is 2.32. The van der Waals surface area contributed by atoms with Crippen LogP contribution in [0.15, 0.2) is 28.2 Å². The zero-order valence-electron chi connectivity index (χ0n) is 8.41. The van der Waals surface area contributed by atoms with E-state index in [-0.39, 0.29) is 6.04 Å². The molecule has 0 N–H and O–H groups in total. The molecule has 1 atom stereocenters. The highest BCUT2D eigenvalue weighted by Crippen LogP contribution is 1.89. The van der Waals surface area contributed by atoms with Gasteiger partial charge in [-0.1, -0.05) is 17.9 Å². The second-order valence-electron chi connectivity index (χ2n) is 3.43. The van der Waals surface area contributed by atoms with Crippen LogP contribution >= 0.6 is 0 Å². The normalized spacial score (nSPS) is 18.9. The molecule has 2 rings (SSSR count). The van der Waals surface area contributed by atoms with Gasteiger partial charge in [-0.2, -0.15) is 0 Å². The Morgan fingerprint density at radius 2 is 2.21 bits per heavy atom. The quantitative estimate of drug-likeness (QED) is 0.529. The molecule has 1 unspecified atom stereocenters. The fourth-order valence-corrected chi connectivity index (χ4v) is 1.43. The van der Waals surface area contributed by atoms with E-state index in [4.69, 9.17) is 0 Å². The van der Waals surface area contributed by atoms with Gasteiger partial charge in [-0.25, -0.2) is 0 Å². The molecule has 2 heteroatoms. The Hall–Kier alpha value is -1.62. The maximum absolute atomic E-state index is 4.49. The summed E-state index contributed by atoms with van der Waals surface area (Å²) in [5.41, 5.74) is 1.21. The van der Waals surface area contributed by atoms with Crippen molar-refractivity contribution >= 4 is 0 Å². The van der Waals surface area contributed by atoms with Crippen molar-refractivity contribution in [3.05, 3.63) is 34.5 Å². The summed E-state index contributed by atoms with van der Waals surface area (Å²) in [6, 6.07) is 6.19. The minimum Gasteiger partial charge on any atom is -0.270 e. The summed E-state index contributed by atoms with van der Waals surface area (Å²) in [6.45, 7) is 4.64. The summed E-state index contributed by atoms with van der Waals surface area (Å²) in [6.07, 6.45) is 0. The van der Waals surface area contributed by atoms with Crippen LogP contribution in [0.1, 0.15) is 12.5 Å². The van der Waals surface area contributed by atoms with Crippen molar-refractivity contribution in [2.75, 3.05) is 6.54 Å². The maximum Gasteiger partial charge on any atom is 0.108 e. The van der Waals surface area contributed by atoms with Crippen LogP contribution < -0.4 is 10.7 Å². The fraction of sp³-hybridized carbons (Fsp3) is 0.333. The van der Waals surface area contributed by atoms with E-state index in [0.717, 1.165) is 10.7 Å². The molecule has 0 saturated heterocycles. The van der Waals surface area contributed by atoms with Gasteiger partial charge in [0.15, 0.2) is 0 Å². The molecule has 0 fully saturated rings. The molecule has 0 spiro atoms. The van der Waals surface area contributed by atoms with Crippen LogP contribution in [-0.2, 0) is 0 Å². The standard InChI is InChI=1S/C12H12N2/c1-9-5-6-11-12(8-9)14-10(2)4-3-7-13-11/h5-6,8,10H,7H2,1-2H3. The molecule has 1 aromatic carbocycles. The highest BCUT2D eigenvalue weighted by molar-refractivity contribution is 5.16. The van der Waals surface area contributed by atoms with Crippen LogP contribution in [0, 0.1) is 18.8 Å². The van der Waals surface area contributed by atoms with Crippen LogP contribution in [0.3, 0.4) is 0 Å². The Balaban J connectivity index is 2.71. The molecule has 70 valence electrons. The van der Waals surface area contributed by atoms with Crippen molar-refractivity contribution in [2.45, 2.75) is 19.9 Å². The Labute approximate surface area is 83.4 Å². The van der Waals surface area contributed by atoms with E-state index in [9.17, 15) is 0 Å². The summed E-state index contributed by atoms with van der Waals surface area (Å²) < 4.78 is 0. The average Bonchev–Trinajstić information content (AvgIpc) is 2.12. The number of fused-ring (bicyclic) bond motifs is 1. The minimum atomic E-state index is 0.0750. The molecule has 1 aromatic rings. The van der Waals surface area contributed by atoms with Crippen molar-refractivity contribution in [2.24, 2.45) is 9.98 Å². The molecular formula is C12H12N2. The lowest BCUT2D eigenvalue weighted by Crippen LogP contribution is -2.28. The molecule has 0 saturated carbocycles. The summed E-state index contributed by atoms with van der Waals surface area (Å²) in [4.78, 5) is 8.85. The monoisotopic (exact) mass is 184 g/mol. The molecule has 14 heavy (non-hydrogen) atoms. The van der Waals surface area contributed by atoms with Crippen molar-refractivity contribution in [1.82, 2.24) is 0 Å². The molecular weight excluding hydrogens is 172 g/mol. The molecule has 0 amide bonds. The number of benzene rings is 1. The van der Waals surface area contributed by atoms with Crippen LogP contribution in [0.25, 0.3) is 0 Å². The van der Waals surface area contributed by atoms with Gasteiger partial charge in [-0.3, -0.25) is 9.98 Å². The minimum absolute atomic E-state index is 0.0750. The van der Waals surface area contributed by atoms with Gasteiger partial charge in [0.1, 0.15) is 12.6 Å². The molecule has 0 aliphatic carbocycles. The first-order chi connectivity index (χ1) is 6.75. The zero-order chi connectivity index (χ0) is 9.97. The van der Waals surface area contributed by atoms with Crippen molar-refractivity contribution in [1.29, 1.82) is 0 Å². The van der Waals surface area contributed by atoms with Crippen molar-refractivity contribution < 1.29 is 0 Å². The van der Waals surface area contributed by atoms with Crippen molar-refractivity contribution in [3.8, 4) is 11.8 Å². The van der Waals surface area contributed by atoms with Crippen LogP contribution in [0.4, 0.5) is 0 Å². The van der Waals surface area contributed by atoms with Gasteiger partial charge in [0, 0.05) is 0 Å². The van der Waals surface area contributed by atoms with Gasteiger partial charge in [0.25, 0.3) is 0 Å². The number of aryl methyl sites for hydroxylation is 1. The second-order valence-corrected chi connectivity index (χ2v) is 3.43. The summed E-state index contributed by atoms with van der Waals surface area (Å²) in [5.74, 6) is 6.02. The van der Waals surface area contributed by atoms with Crippen LogP contribution in [0.2, 0.25) is 0 Å². The highest BCUT2D eigenvalue weighted by atomic mass is 14.8. The topological polar surface area (TPSA) is 24.7 Å². The predicted molar refractivity (Wildman–Crippen MR) is 55.6 cm³/mol. The first-order valence-corrected chi connectivity index (χ1v) is 4.73. The van der Waals surface area contributed by atoms with E-state index in [0.29, 0.717) is 6.54 Å². The second kappa shape index (κ2) is 3.63. The zero-order valence-corrected chi connectivity index (χ0v) is 8.41.